The van der Waals surface area contributed by atoms with Gasteiger partial charge < -0.3 is 10.4 Å². The van der Waals surface area contributed by atoms with Crippen LogP contribution in [-0.4, -0.2) is 36.8 Å². The largest absolute Gasteiger partial charge is 0.506 e. The van der Waals surface area contributed by atoms with E-state index in [1.165, 1.54) is 22.5 Å². The second-order valence-corrected chi connectivity index (χ2v) is 6.78. The maximum Gasteiger partial charge on any atom is 0.247 e. The fourth-order valence-electron chi connectivity index (χ4n) is 2.21. The van der Waals surface area contributed by atoms with E-state index in [0.29, 0.717) is 13.1 Å². The lowest BCUT2D eigenvalue weighted by molar-refractivity contribution is -0.111. The van der Waals surface area contributed by atoms with E-state index >= 15 is 0 Å². The highest BCUT2D eigenvalue weighted by Gasteiger charge is 2.26. The van der Waals surface area contributed by atoms with Gasteiger partial charge in [-0.05, 0) is 37.1 Å². The Morgan fingerprint density at radius 1 is 1.29 bits per heavy atom. The van der Waals surface area contributed by atoms with Crippen molar-refractivity contribution in [2.24, 2.45) is 0 Å². The minimum atomic E-state index is -3.60. The van der Waals surface area contributed by atoms with Gasteiger partial charge in [-0.1, -0.05) is 13.0 Å². The average molecular weight is 310 g/mol. The molecule has 0 spiro atoms. The number of carbonyl (C=O) groups is 1. The number of sulfonamides is 1. The van der Waals surface area contributed by atoms with E-state index in [2.05, 4.69) is 11.9 Å². The molecule has 114 valence electrons. The number of rotatable bonds is 4. The molecule has 0 atom stereocenters. The Labute approximate surface area is 124 Å². The minimum Gasteiger partial charge on any atom is -0.506 e. The second-order valence-electron chi connectivity index (χ2n) is 4.84. The smallest absolute Gasteiger partial charge is 0.247 e. The summed E-state index contributed by atoms with van der Waals surface area (Å²) in [6, 6.07) is 3.86. The van der Waals surface area contributed by atoms with Crippen LogP contribution in [0.1, 0.15) is 19.3 Å². The highest BCUT2D eigenvalue weighted by Crippen LogP contribution is 2.29. The van der Waals surface area contributed by atoms with Gasteiger partial charge in [0, 0.05) is 13.1 Å². The molecule has 6 nitrogen and oxygen atoms in total. The highest BCUT2D eigenvalue weighted by molar-refractivity contribution is 7.89. The maximum absolute atomic E-state index is 12.5. The first-order valence-electron chi connectivity index (χ1n) is 6.72. The van der Waals surface area contributed by atoms with E-state index in [1.54, 1.807) is 0 Å². The van der Waals surface area contributed by atoms with Gasteiger partial charge in [-0.3, -0.25) is 4.79 Å². The van der Waals surface area contributed by atoms with Gasteiger partial charge in [0.25, 0.3) is 0 Å². The number of hydrogen-bond donors (Lipinski definition) is 2. The molecule has 21 heavy (non-hydrogen) atoms. The third-order valence-electron chi connectivity index (χ3n) is 3.36. The van der Waals surface area contributed by atoms with Crippen molar-refractivity contribution in [1.29, 1.82) is 0 Å². The molecule has 2 rings (SSSR count). The average Bonchev–Trinajstić information content (AvgIpc) is 2.50. The topological polar surface area (TPSA) is 86.7 Å². The van der Waals surface area contributed by atoms with E-state index in [4.69, 9.17) is 0 Å². The van der Waals surface area contributed by atoms with Crippen molar-refractivity contribution in [3.8, 4) is 5.75 Å². The number of amides is 1. The van der Waals surface area contributed by atoms with Crippen LogP contribution in [0.3, 0.4) is 0 Å². The standard InChI is InChI=1S/C14H18N2O4S/c1-2-14(18)15-12-10-11(6-7-13(12)17)21(19,20)16-8-4-3-5-9-16/h2,6-7,10,17H,1,3-5,8-9H2,(H,15,18). The molecule has 1 fully saturated rings. The fourth-order valence-corrected chi connectivity index (χ4v) is 3.76. The zero-order valence-electron chi connectivity index (χ0n) is 11.6. The Morgan fingerprint density at radius 3 is 2.57 bits per heavy atom. The molecule has 0 radical (unpaired) electrons. The lowest BCUT2D eigenvalue weighted by Gasteiger charge is -2.26. The summed E-state index contributed by atoms with van der Waals surface area (Å²) in [7, 11) is -3.60. The summed E-state index contributed by atoms with van der Waals surface area (Å²) in [4.78, 5) is 11.4. The van der Waals surface area contributed by atoms with Crippen LogP contribution in [-0.2, 0) is 14.8 Å². The van der Waals surface area contributed by atoms with Crippen molar-refractivity contribution in [2.75, 3.05) is 18.4 Å². The van der Waals surface area contributed by atoms with Crippen LogP contribution in [0.2, 0.25) is 0 Å². The normalized spacial score (nSPS) is 16.4. The number of benzene rings is 1. The first-order valence-corrected chi connectivity index (χ1v) is 8.16. The summed E-state index contributed by atoms with van der Waals surface area (Å²) in [5, 5.41) is 12.1. The van der Waals surface area contributed by atoms with Gasteiger partial charge in [-0.15, -0.1) is 0 Å². The molecule has 2 N–H and O–H groups in total. The molecule has 0 aliphatic carbocycles. The Balaban J connectivity index is 2.32. The van der Waals surface area contributed by atoms with Crippen molar-refractivity contribution >= 4 is 21.6 Å². The lowest BCUT2D eigenvalue weighted by atomic mass is 10.2. The molecule has 1 saturated heterocycles. The number of anilines is 1. The first-order chi connectivity index (χ1) is 9.95. The van der Waals surface area contributed by atoms with Crippen molar-refractivity contribution in [1.82, 2.24) is 4.31 Å². The third kappa shape index (κ3) is 3.43. The van der Waals surface area contributed by atoms with Crippen LogP contribution in [0.5, 0.6) is 5.75 Å². The minimum absolute atomic E-state index is 0.0537. The van der Waals surface area contributed by atoms with Crippen LogP contribution in [0.25, 0.3) is 0 Å². The first kappa shape index (κ1) is 15.5. The summed E-state index contributed by atoms with van der Waals surface area (Å²) in [5.41, 5.74) is 0.0537. The van der Waals surface area contributed by atoms with Crippen LogP contribution in [0.4, 0.5) is 5.69 Å². The maximum atomic E-state index is 12.5. The molecule has 1 aliphatic rings. The van der Waals surface area contributed by atoms with Crippen LogP contribution < -0.4 is 5.32 Å². The summed E-state index contributed by atoms with van der Waals surface area (Å²) >= 11 is 0. The van der Waals surface area contributed by atoms with E-state index < -0.39 is 15.9 Å². The van der Waals surface area contributed by atoms with Gasteiger partial charge in [-0.2, -0.15) is 4.31 Å². The summed E-state index contributed by atoms with van der Waals surface area (Å²) < 4.78 is 26.5. The number of piperidine rings is 1. The molecule has 0 unspecified atom stereocenters. The molecule has 0 saturated carbocycles. The molecule has 1 heterocycles. The fraction of sp³-hybridized carbons (Fsp3) is 0.357. The number of hydrogen-bond acceptors (Lipinski definition) is 4. The monoisotopic (exact) mass is 310 g/mol. The Bertz CT molecular complexity index is 649. The van der Waals surface area contributed by atoms with Crippen molar-refractivity contribution in [3.05, 3.63) is 30.9 Å². The van der Waals surface area contributed by atoms with E-state index in [1.807, 2.05) is 0 Å². The Kier molecular flexibility index (Phi) is 4.64. The van der Waals surface area contributed by atoms with Crippen LogP contribution >= 0.6 is 0 Å². The number of phenols is 1. The number of phenolic OH excluding ortho intramolecular Hbond substituents is 1. The number of carbonyl (C=O) groups excluding carboxylic acids is 1. The summed E-state index contributed by atoms with van der Waals surface area (Å²) in [6.07, 6.45) is 3.77. The van der Waals surface area contributed by atoms with E-state index in [0.717, 1.165) is 25.3 Å². The quantitative estimate of drug-likeness (QED) is 0.654. The Morgan fingerprint density at radius 2 is 1.95 bits per heavy atom. The molecule has 1 aromatic carbocycles. The van der Waals surface area contributed by atoms with Crippen LogP contribution in [0.15, 0.2) is 35.7 Å². The molecule has 1 amide bonds. The number of aromatic hydroxyl groups is 1. The van der Waals surface area contributed by atoms with Gasteiger partial charge in [0.1, 0.15) is 5.75 Å². The van der Waals surface area contributed by atoms with Crippen molar-refractivity contribution in [3.63, 3.8) is 0 Å². The second kappa shape index (κ2) is 6.28. The van der Waals surface area contributed by atoms with Crippen molar-refractivity contribution < 1.29 is 18.3 Å². The highest BCUT2D eigenvalue weighted by atomic mass is 32.2. The Hall–Kier alpha value is -1.86. The summed E-state index contributed by atoms with van der Waals surface area (Å²) in [5.74, 6) is -0.708. The molecular weight excluding hydrogens is 292 g/mol. The van der Waals surface area contributed by atoms with Gasteiger partial charge in [0.15, 0.2) is 0 Å². The molecule has 0 aromatic heterocycles. The van der Waals surface area contributed by atoms with Gasteiger partial charge in [0.2, 0.25) is 15.9 Å². The predicted molar refractivity (Wildman–Crippen MR) is 79.5 cm³/mol. The third-order valence-corrected chi connectivity index (χ3v) is 5.26. The molecule has 1 aliphatic heterocycles. The van der Waals surface area contributed by atoms with E-state index in [9.17, 15) is 18.3 Å². The lowest BCUT2D eigenvalue weighted by Crippen LogP contribution is -2.35. The zero-order valence-corrected chi connectivity index (χ0v) is 12.4. The van der Waals surface area contributed by atoms with Gasteiger partial charge >= 0.3 is 0 Å². The SMILES string of the molecule is C=CC(=O)Nc1cc(S(=O)(=O)N2CCCCC2)ccc1O. The van der Waals surface area contributed by atoms with Gasteiger partial charge in [0.05, 0.1) is 10.6 Å². The molecule has 7 heteroatoms. The van der Waals surface area contributed by atoms with Crippen molar-refractivity contribution in [2.45, 2.75) is 24.2 Å². The molecular formula is C14H18N2O4S. The zero-order chi connectivity index (χ0) is 15.5. The molecule has 1 aromatic rings. The van der Waals surface area contributed by atoms with E-state index in [-0.39, 0.29) is 16.3 Å². The number of nitrogens with zero attached hydrogens (tertiary/aromatic N) is 1. The van der Waals surface area contributed by atoms with Crippen LogP contribution in [0, 0.1) is 0 Å². The van der Waals surface area contributed by atoms with Gasteiger partial charge in [-0.25, -0.2) is 8.42 Å². The molecule has 0 bridgehead atoms. The number of nitrogens with one attached hydrogen (secondary N) is 1. The predicted octanol–water partition coefficient (Wildman–Crippen LogP) is 1.69. The summed E-state index contributed by atoms with van der Waals surface area (Å²) in [6.45, 7) is 4.31.